The van der Waals surface area contributed by atoms with Gasteiger partial charge in [-0.2, -0.15) is 0 Å². The second kappa shape index (κ2) is 34.5. The molecule has 0 saturated heterocycles. The van der Waals surface area contributed by atoms with E-state index < -0.39 is 0 Å². The number of hydrogen-bond acceptors (Lipinski definition) is 2. The van der Waals surface area contributed by atoms with E-state index in [-0.39, 0.29) is 53.4 Å². The summed E-state index contributed by atoms with van der Waals surface area (Å²) in [6, 6.07) is 0. The Labute approximate surface area is 176 Å². The number of aliphatic hydroxyl groups is 2. The Morgan fingerprint density at radius 1 is 0.458 bits per heavy atom. The summed E-state index contributed by atoms with van der Waals surface area (Å²) >= 11 is 0. The molecule has 0 heterocycles. The van der Waals surface area contributed by atoms with Crippen LogP contribution in [0.25, 0.3) is 0 Å². The molecule has 2 rings (SSSR count). The Morgan fingerprint density at radius 3 is 0.625 bits per heavy atom. The molecule has 0 bridgehead atoms. The number of hydrogen-bond donors (Lipinski definition) is 2. The number of aliphatic hydroxyl groups excluding tert-OH is 2. The average Bonchev–Trinajstić information content (AvgIpc) is 2.39. The summed E-state index contributed by atoms with van der Waals surface area (Å²) in [6.07, 6.45) is 28.0. The van der Waals surface area contributed by atoms with E-state index >= 15 is 0 Å². The van der Waals surface area contributed by atoms with Gasteiger partial charge >= 0.3 is 0 Å². The first kappa shape index (κ1) is 31.9. The SMILES string of the molecule is C1=C\CC/C=C\CC/1.C1=C\CC/C=C\CC/1.CCO.CCO.[Ir].[Ir]. The van der Waals surface area contributed by atoms with E-state index in [4.69, 9.17) is 10.2 Å². The van der Waals surface area contributed by atoms with Crippen molar-refractivity contribution in [3.63, 3.8) is 0 Å². The summed E-state index contributed by atoms with van der Waals surface area (Å²) in [5, 5.41) is 15.1. The van der Waals surface area contributed by atoms with Gasteiger partial charge in [-0.3, -0.25) is 0 Å². The van der Waals surface area contributed by atoms with Crippen molar-refractivity contribution in [1.82, 2.24) is 0 Å². The minimum atomic E-state index is 0. The van der Waals surface area contributed by atoms with Crippen LogP contribution in [0, 0.1) is 0 Å². The van der Waals surface area contributed by atoms with E-state index in [0.29, 0.717) is 0 Å². The summed E-state index contributed by atoms with van der Waals surface area (Å²) < 4.78 is 0. The molecule has 2 aliphatic carbocycles. The molecule has 2 radical (unpaired) electrons. The largest absolute Gasteiger partial charge is 0.397 e. The van der Waals surface area contributed by atoms with Crippen LogP contribution in [0.15, 0.2) is 48.6 Å². The van der Waals surface area contributed by atoms with Crippen LogP contribution >= 0.6 is 0 Å². The third-order valence-corrected chi connectivity index (χ3v) is 2.67. The predicted octanol–water partition coefficient (Wildman–Crippen LogP) is 5.34. The van der Waals surface area contributed by atoms with Gasteiger partial charge in [-0.25, -0.2) is 0 Å². The third kappa shape index (κ3) is 38.0. The van der Waals surface area contributed by atoms with Gasteiger partial charge in [0.05, 0.1) is 0 Å². The van der Waals surface area contributed by atoms with Crippen LogP contribution in [0.3, 0.4) is 0 Å². The van der Waals surface area contributed by atoms with Crippen LogP contribution < -0.4 is 0 Å². The third-order valence-electron chi connectivity index (χ3n) is 2.67. The zero-order valence-corrected chi connectivity index (χ0v) is 20.0. The maximum Gasteiger partial charge on any atom is 0.0402 e. The zero-order valence-electron chi connectivity index (χ0n) is 15.3. The van der Waals surface area contributed by atoms with Crippen molar-refractivity contribution in [2.45, 2.75) is 65.2 Å². The molecule has 0 unspecified atom stereocenters. The van der Waals surface area contributed by atoms with Crippen LogP contribution in [0.5, 0.6) is 0 Å². The summed E-state index contributed by atoms with van der Waals surface area (Å²) in [6.45, 7) is 3.86. The second-order valence-electron chi connectivity index (χ2n) is 4.83. The summed E-state index contributed by atoms with van der Waals surface area (Å²) in [4.78, 5) is 0. The Hall–Kier alpha value is 0.179. The number of allylic oxidation sites excluding steroid dienone is 8. The molecule has 2 N–H and O–H groups in total. The van der Waals surface area contributed by atoms with E-state index in [1.807, 2.05) is 0 Å². The van der Waals surface area contributed by atoms with Crippen LogP contribution in [-0.4, -0.2) is 23.4 Å². The molecule has 0 spiro atoms. The van der Waals surface area contributed by atoms with Gasteiger partial charge in [0.15, 0.2) is 0 Å². The first-order chi connectivity index (χ1) is 10.8. The molecular formula is C20H36Ir2O2. The quantitative estimate of drug-likeness (QED) is 0.337. The normalized spacial score (nSPS) is 20.2. The van der Waals surface area contributed by atoms with Gasteiger partial charge in [0.1, 0.15) is 0 Å². The fraction of sp³-hybridized carbons (Fsp3) is 0.600. The molecule has 0 saturated carbocycles. The molecule has 0 fully saturated rings. The maximum atomic E-state index is 7.57. The second-order valence-corrected chi connectivity index (χ2v) is 4.83. The zero-order chi connectivity index (χ0) is 16.7. The van der Waals surface area contributed by atoms with Crippen molar-refractivity contribution in [3.8, 4) is 0 Å². The van der Waals surface area contributed by atoms with Gasteiger partial charge < -0.3 is 10.2 Å². The van der Waals surface area contributed by atoms with Gasteiger partial charge in [-0.05, 0) is 65.2 Å². The molecule has 0 aromatic carbocycles. The molecule has 4 heteroatoms. The molecule has 0 aliphatic heterocycles. The Kier molecular flexibility index (Phi) is 45.9. The first-order valence-electron chi connectivity index (χ1n) is 8.65. The van der Waals surface area contributed by atoms with Crippen molar-refractivity contribution in [2.24, 2.45) is 0 Å². The van der Waals surface area contributed by atoms with Crippen molar-refractivity contribution in [1.29, 1.82) is 0 Å². The predicted molar refractivity (Wildman–Crippen MR) is 99.0 cm³/mol. The molecule has 0 aromatic rings. The first-order valence-corrected chi connectivity index (χ1v) is 8.65. The topological polar surface area (TPSA) is 40.5 Å². The van der Waals surface area contributed by atoms with Crippen LogP contribution in [0.1, 0.15) is 65.2 Å². The summed E-state index contributed by atoms with van der Waals surface area (Å²) in [5.74, 6) is 0. The van der Waals surface area contributed by atoms with Gasteiger partial charge in [-0.1, -0.05) is 48.6 Å². The fourth-order valence-electron chi connectivity index (χ4n) is 1.71. The molecule has 0 atom stereocenters. The molecule has 24 heavy (non-hydrogen) atoms. The Morgan fingerprint density at radius 2 is 0.542 bits per heavy atom. The molecule has 0 amide bonds. The molecule has 146 valence electrons. The molecule has 2 nitrogen and oxygen atoms in total. The Bertz CT molecular complexity index is 216. The van der Waals surface area contributed by atoms with Gasteiger partial charge in [0.25, 0.3) is 0 Å². The monoisotopic (exact) mass is 694 g/mol. The van der Waals surface area contributed by atoms with Crippen LogP contribution in [0.2, 0.25) is 0 Å². The van der Waals surface area contributed by atoms with E-state index in [0.717, 1.165) is 0 Å². The van der Waals surface area contributed by atoms with Gasteiger partial charge in [0.2, 0.25) is 0 Å². The van der Waals surface area contributed by atoms with Crippen LogP contribution in [0.4, 0.5) is 0 Å². The van der Waals surface area contributed by atoms with E-state index in [1.54, 1.807) is 13.8 Å². The van der Waals surface area contributed by atoms with E-state index in [1.165, 1.54) is 51.4 Å². The molecule has 2 aliphatic rings. The fourth-order valence-corrected chi connectivity index (χ4v) is 1.71. The maximum absolute atomic E-state index is 7.57. The minimum Gasteiger partial charge on any atom is -0.397 e. The van der Waals surface area contributed by atoms with Crippen molar-refractivity contribution in [3.05, 3.63) is 48.6 Å². The van der Waals surface area contributed by atoms with Gasteiger partial charge in [0, 0.05) is 53.4 Å². The molecular weight excluding hydrogens is 657 g/mol. The minimum absolute atomic E-state index is 0. The van der Waals surface area contributed by atoms with Crippen molar-refractivity contribution < 1.29 is 50.4 Å². The number of rotatable bonds is 0. The van der Waals surface area contributed by atoms with Crippen molar-refractivity contribution >= 4 is 0 Å². The smallest absolute Gasteiger partial charge is 0.0402 e. The summed E-state index contributed by atoms with van der Waals surface area (Å²) in [5.41, 5.74) is 0. The summed E-state index contributed by atoms with van der Waals surface area (Å²) in [7, 11) is 0. The molecule has 0 aromatic heterocycles. The van der Waals surface area contributed by atoms with Crippen LogP contribution in [-0.2, 0) is 40.2 Å². The van der Waals surface area contributed by atoms with E-state index in [2.05, 4.69) is 48.6 Å². The average molecular weight is 693 g/mol. The van der Waals surface area contributed by atoms with Gasteiger partial charge in [-0.15, -0.1) is 0 Å². The Balaban J connectivity index is -0.000000119. The van der Waals surface area contributed by atoms with E-state index in [9.17, 15) is 0 Å². The standard InChI is InChI=1S/2C8H12.2C2H6O.2Ir/c2*1-2-4-6-8-7-5-3-1;2*1-2-3;;/h2*1-2,7-8H,3-6H2;2*3H,2H2,1H3;;/b2*2-1-,8-7-;;;;. The van der Waals surface area contributed by atoms with Crippen molar-refractivity contribution in [2.75, 3.05) is 13.2 Å².